The van der Waals surface area contributed by atoms with Crippen LogP contribution in [0.25, 0.3) is 10.9 Å². The van der Waals surface area contributed by atoms with Crippen molar-refractivity contribution >= 4 is 10.9 Å². The van der Waals surface area contributed by atoms with E-state index in [2.05, 4.69) is 41.1 Å². The third-order valence-corrected chi connectivity index (χ3v) is 4.26. The van der Waals surface area contributed by atoms with E-state index in [1.54, 1.807) is 0 Å². The molecule has 4 heteroatoms. The van der Waals surface area contributed by atoms with Gasteiger partial charge < -0.3 is 10.5 Å². The average Bonchev–Trinajstić information content (AvgIpc) is 2.53. The second kappa shape index (κ2) is 6.10. The van der Waals surface area contributed by atoms with Crippen molar-refractivity contribution in [2.24, 2.45) is 5.73 Å². The van der Waals surface area contributed by atoms with Crippen LogP contribution in [-0.4, -0.2) is 42.2 Å². The van der Waals surface area contributed by atoms with Crippen LogP contribution in [0.15, 0.2) is 30.3 Å². The first kappa shape index (κ1) is 14.4. The van der Waals surface area contributed by atoms with Gasteiger partial charge in [-0.3, -0.25) is 9.88 Å². The van der Waals surface area contributed by atoms with Gasteiger partial charge in [-0.25, -0.2) is 0 Å². The molecule has 21 heavy (non-hydrogen) atoms. The molecule has 0 amide bonds. The Balaban J connectivity index is 1.83. The van der Waals surface area contributed by atoms with Gasteiger partial charge in [0.25, 0.3) is 0 Å². The maximum absolute atomic E-state index is 6.44. The summed E-state index contributed by atoms with van der Waals surface area (Å²) < 4.78 is 5.88. The van der Waals surface area contributed by atoms with Crippen molar-refractivity contribution in [3.05, 3.63) is 41.6 Å². The quantitative estimate of drug-likeness (QED) is 0.940. The predicted molar refractivity (Wildman–Crippen MR) is 85.3 cm³/mol. The first-order valence-electron chi connectivity index (χ1n) is 7.64. The molecule has 1 saturated heterocycles. The summed E-state index contributed by atoms with van der Waals surface area (Å²) in [5.74, 6) is 0. The van der Waals surface area contributed by atoms with Gasteiger partial charge in [0, 0.05) is 24.2 Å². The van der Waals surface area contributed by atoms with Crippen molar-refractivity contribution in [1.29, 1.82) is 0 Å². The van der Waals surface area contributed by atoms with Crippen LogP contribution in [0.1, 0.15) is 24.2 Å². The molecular weight excluding hydrogens is 262 g/mol. The van der Waals surface area contributed by atoms with Gasteiger partial charge in [-0.1, -0.05) is 19.1 Å². The fraction of sp³-hybridized carbons (Fsp3) is 0.471. The number of nitrogens with two attached hydrogens (primary N) is 1. The Morgan fingerprint density at radius 2 is 2.24 bits per heavy atom. The lowest BCUT2D eigenvalue weighted by Crippen LogP contribution is -2.46. The highest BCUT2D eigenvalue weighted by molar-refractivity contribution is 5.79. The molecule has 2 N–H and O–H groups in total. The van der Waals surface area contributed by atoms with Crippen molar-refractivity contribution in [3.8, 4) is 0 Å². The van der Waals surface area contributed by atoms with Gasteiger partial charge in [0.15, 0.2) is 0 Å². The molecule has 0 bridgehead atoms. The smallest absolute Gasteiger partial charge is 0.0894 e. The summed E-state index contributed by atoms with van der Waals surface area (Å²) in [6.07, 6.45) is 0.0644. The lowest BCUT2D eigenvalue weighted by Gasteiger charge is -2.35. The Bertz CT molecular complexity index is 628. The van der Waals surface area contributed by atoms with Gasteiger partial charge in [0.05, 0.1) is 24.3 Å². The number of benzene rings is 1. The Labute approximate surface area is 125 Å². The molecule has 0 saturated carbocycles. The van der Waals surface area contributed by atoms with Crippen LogP contribution in [0, 0.1) is 6.92 Å². The largest absolute Gasteiger partial charge is 0.374 e. The summed E-state index contributed by atoms with van der Waals surface area (Å²) >= 11 is 0. The number of likely N-dealkylation sites (N-methyl/N-ethyl adjacent to an activating group) is 1. The highest BCUT2D eigenvalue weighted by Gasteiger charge is 2.26. The van der Waals surface area contributed by atoms with E-state index in [4.69, 9.17) is 10.5 Å². The minimum Gasteiger partial charge on any atom is -0.374 e. The third-order valence-electron chi connectivity index (χ3n) is 4.26. The van der Waals surface area contributed by atoms with Crippen LogP contribution in [0.2, 0.25) is 0 Å². The van der Waals surface area contributed by atoms with E-state index in [9.17, 15) is 0 Å². The van der Waals surface area contributed by atoms with Crippen LogP contribution in [0.3, 0.4) is 0 Å². The number of ether oxygens (including phenoxy) is 1. The van der Waals surface area contributed by atoms with E-state index in [1.165, 1.54) is 0 Å². The second-order valence-electron chi connectivity index (χ2n) is 5.73. The number of aromatic nitrogens is 1. The summed E-state index contributed by atoms with van der Waals surface area (Å²) in [6, 6.07) is 10.3. The molecule has 1 aliphatic rings. The molecule has 2 atom stereocenters. The topological polar surface area (TPSA) is 51.4 Å². The first-order chi connectivity index (χ1) is 10.2. The van der Waals surface area contributed by atoms with Gasteiger partial charge in [-0.15, -0.1) is 0 Å². The number of rotatable bonds is 3. The minimum atomic E-state index is -0.0925. The van der Waals surface area contributed by atoms with E-state index in [0.29, 0.717) is 0 Å². The molecule has 0 radical (unpaired) electrons. The molecule has 112 valence electrons. The second-order valence-corrected chi connectivity index (χ2v) is 5.73. The lowest BCUT2D eigenvalue weighted by molar-refractivity contribution is -0.0392. The zero-order valence-electron chi connectivity index (χ0n) is 12.7. The molecule has 1 aliphatic heterocycles. The van der Waals surface area contributed by atoms with E-state index < -0.39 is 0 Å². The molecule has 4 nitrogen and oxygen atoms in total. The molecule has 1 aromatic carbocycles. The number of pyridine rings is 1. The molecule has 0 spiro atoms. The van der Waals surface area contributed by atoms with Crippen LogP contribution in [-0.2, 0) is 4.74 Å². The zero-order chi connectivity index (χ0) is 14.8. The summed E-state index contributed by atoms with van der Waals surface area (Å²) in [5.41, 5.74) is 9.61. The van der Waals surface area contributed by atoms with Crippen LogP contribution >= 0.6 is 0 Å². The van der Waals surface area contributed by atoms with E-state index in [0.717, 1.165) is 48.4 Å². The summed E-state index contributed by atoms with van der Waals surface area (Å²) in [5, 5.41) is 1.14. The number of fused-ring (bicyclic) bond motifs is 1. The molecule has 2 unspecified atom stereocenters. The predicted octanol–water partition coefficient (Wildman–Crippen LogP) is 2.26. The molecular formula is C17H23N3O. The Hall–Kier alpha value is -1.49. The average molecular weight is 285 g/mol. The molecule has 2 heterocycles. The van der Waals surface area contributed by atoms with Gasteiger partial charge in [0.2, 0.25) is 0 Å². The normalized spacial score (nSPS) is 21.6. The Kier molecular flexibility index (Phi) is 4.19. The van der Waals surface area contributed by atoms with Gasteiger partial charge >= 0.3 is 0 Å². The summed E-state index contributed by atoms with van der Waals surface area (Å²) in [7, 11) is 0. The highest BCUT2D eigenvalue weighted by atomic mass is 16.5. The number of nitrogens with zero attached hydrogens (tertiary/aromatic N) is 2. The molecule has 2 aromatic rings. The van der Waals surface area contributed by atoms with E-state index in [1.807, 2.05) is 13.0 Å². The van der Waals surface area contributed by atoms with Crippen LogP contribution < -0.4 is 5.73 Å². The number of hydrogen-bond acceptors (Lipinski definition) is 4. The van der Waals surface area contributed by atoms with E-state index >= 15 is 0 Å². The van der Waals surface area contributed by atoms with Gasteiger partial charge in [0.1, 0.15) is 0 Å². The minimum absolute atomic E-state index is 0.0644. The Morgan fingerprint density at radius 3 is 3.05 bits per heavy atom. The van der Waals surface area contributed by atoms with Gasteiger partial charge in [-0.2, -0.15) is 0 Å². The standard InChI is InChI=1S/C17H23N3O/c1-3-20-8-9-21-16(11-20)17(18)14-6-7-15-13(10-14)5-4-12(2)19-15/h4-7,10,16-17H,3,8-9,11,18H2,1-2H3. The van der Waals surface area contributed by atoms with Crippen molar-refractivity contribution < 1.29 is 4.74 Å². The van der Waals surface area contributed by atoms with E-state index in [-0.39, 0.29) is 12.1 Å². The fourth-order valence-electron chi connectivity index (χ4n) is 2.90. The maximum Gasteiger partial charge on any atom is 0.0894 e. The number of hydrogen-bond donors (Lipinski definition) is 1. The highest BCUT2D eigenvalue weighted by Crippen LogP contribution is 2.23. The monoisotopic (exact) mass is 285 g/mol. The van der Waals surface area contributed by atoms with Crippen LogP contribution in [0.5, 0.6) is 0 Å². The lowest BCUT2D eigenvalue weighted by atomic mass is 9.99. The van der Waals surface area contributed by atoms with Crippen molar-refractivity contribution in [2.75, 3.05) is 26.2 Å². The maximum atomic E-state index is 6.44. The van der Waals surface area contributed by atoms with Crippen molar-refractivity contribution in [2.45, 2.75) is 26.0 Å². The zero-order valence-corrected chi connectivity index (χ0v) is 12.7. The Morgan fingerprint density at radius 1 is 1.38 bits per heavy atom. The summed E-state index contributed by atoms with van der Waals surface area (Å²) in [4.78, 5) is 6.92. The van der Waals surface area contributed by atoms with Crippen molar-refractivity contribution in [1.82, 2.24) is 9.88 Å². The van der Waals surface area contributed by atoms with Gasteiger partial charge in [-0.05, 0) is 37.2 Å². The molecule has 1 fully saturated rings. The fourth-order valence-corrected chi connectivity index (χ4v) is 2.90. The summed E-state index contributed by atoms with van der Waals surface area (Å²) in [6.45, 7) is 7.91. The van der Waals surface area contributed by atoms with Crippen molar-refractivity contribution in [3.63, 3.8) is 0 Å². The molecule has 0 aliphatic carbocycles. The molecule has 3 rings (SSSR count). The molecule has 1 aromatic heterocycles. The SMILES string of the molecule is CCN1CCOC(C(N)c2ccc3nc(C)ccc3c2)C1. The first-order valence-corrected chi connectivity index (χ1v) is 7.64. The number of aryl methyl sites for hydroxylation is 1. The van der Waals surface area contributed by atoms with Crippen LogP contribution in [0.4, 0.5) is 0 Å². The third kappa shape index (κ3) is 3.07. The number of morpholine rings is 1.